The van der Waals surface area contributed by atoms with E-state index in [2.05, 4.69) is 22.1 Å². The van der Waals surface area contributed by atoms with Crippen molar-refractivity contribution in [1.29, 1.82) is 0 Å². The first kappa shape index (κ1) is 34.4. The van der Waals surface area contributed by atoms with Gasteiger partial charge in [-0.05, 0) is 18.2 Å². The fourth-order valence-corrected chi connectivity index (χ4v) is 4.24. The third-order valence-corrected chi connectivity index (χ3v) is 6.68. The molecule has 1 amide bonds. The van der Waals surface area contributed by atoms with Gasteiger partial charge in [-0.2, -0.15) is 0 Å². The molecule has 1 aromatic carbocycles. The first-order chi connectivity index (χ1) is 19.7. The lowest BCUT2D eigenvalue weighted by molar-refractivity contribution is -0.346. The van der Waals surface area contributed by atoms with Crippen molar-refractivity contribution in [2.75, 3.05) is 46.9 Å². The molecule has 0 radical (unpaired) electrons. The third kappa shape index (κ3) is 8.36. The molecule has 1 aliphatic rings. The number of likely N-dealkylation sites (N-methyl/N-ethyl adjacent to an activating group) is 2. The zero-order valence-electron chi connectivity index (χ0n) is 23.4. The quantitative estimate of drug-likeness (QED) is 0.0354. The number of hydrogen-bond acceptors (Lipinski definition) is 14. The summed E-state index contributed by atoms with van der Waals surface area (Å²) in [6, 6.07) is 5.14. The second kappa shape index (κ2) is 14.9. The third-order valence-electron chi connectivity index (χ3n) is 6.68. The second-order valence-electron chi connectivity index (χ2n) is 9.71. The predicted molar refractivity (Wildman–Crippen MR) is 147 cm³/mol. The number of benzene rings is 1. The Balaban J connectivity index is 2.39. The van der Waals surface area contributed by atoms with Gasteiger partial charge in [0.25, 0.3) is 11.6 Å². The van der Waals surface area contributed by atoms with Gasteiger partial charge in [0.05, 0.1) is 18.8 Å². The van der Waals surface area contributed by atoms with Gasteiger partial charge in [-0.15, -0.1) is 0 Å². The highest BCUT2D eigenvalue weighted by molar-refractivity contribution is 5.85. The van der Waals surface area contributed by atoms with E-state index < -0.39 is 64.9 Å². The highest BCUT2D eigenvalue weighted by Gasteiger charge is 2.57. The smallest absolute Gasteiger partial charge is 0.278 e. The van der Waals surface area contributed by atoms with E-state index in [0.29, 0.717) is 18.8 Å². The Labute approximate surface area is 242 Å². The molecule has 1 aliphatic heterocycles. The summed E-state index contributed by atoms with van der Waals surface area (Å²) in [5.74, 6) is -11.5. The number of nitrogens with zero attached hydrogens (tertiary/aromatic N) is 2. The summed E-state index contributed by atoms with van der Waals surface area (Å²) in [5, 5.41) is 76.2. The van der Waals surface area contributed by atoms with Crippen LogP contribution in [0.25, 0.3) is 0 Å². The van der Waals surface area contributed by atoms with Gasteiger partial charge in [-0.25, -0.2) is 0 Å². The Morgan fingerprint density at radius 1 is 1.10 bits per heavy atom. The summed E-state index contributed by atoms with van der Waals surface area (Å²) >= 11 is 0. The highest BCUT2D eigenvalue weighted by atomic mass is 16.6. The number of aldehydes is 2. The lowest BCUT2D eigenvalue weighted by Crippen LogP contribution is -2.70. The fraction of sp³-hybridized carbons (Fsp3) is 0.444. The Morgan fingerprint density at radius 3 is 2.17 bits per heavy atom. The van der Waals surface area contributed by atoms with Crippen LogP contribution in [-0.2, 0) is 32.2 Å². The number of morpholine rings is 1. The summed E-state index contributed by atoms with van der Waals surface area (Å²) in [6.45, 7) is 6.10. The van der Waals surface area contributed by atoms with Crippen LogP contribution in [0.5, 0.6) is 0 Å². The maximum absolute atomic E-state index is 12.6. The number of aliphatic hydroxyl groups is 7. The Morgan fingerprint density at radius 2 is 1.67 bits per heavy atom. The van der Waals surface area contributed by atoms with Crippen LogP contribution in [0.2, 0.25) is 0 Å². The molecule has 0 saturated carbocycles. The van der Waals surface area contributed by atoms with E-state index in [4.69, 9.17) is 4.74 Å². The van der Waals surface area contributed by atoms with E-state index in [0.717, 1.165) is 44.2 Å². The van der Waals surface area contributed by atoms with Gasteiger partial charge in [0.2, 0.25) is 5.91 Å². The molecule has 42 heavy (non-hydrogen) atoms. The predicted octanol–water partition coefficient (Wildman–Crippen LogP) is -1.93. The van der Waals surface area contributed by atoms with Crippen LogP contribution in [0.4, 0.5) is 0 Å². The molecule has 232 valence electrons. The maximum Gasteiger partial charge on any atom is 0.278 e. The first-order valence-electron chi connectivity index (χ1n) is 12.8. The van der Waals surface area contributed by atoms with Crippen molar-refractivity contribution in [3.63, 3.8) is 0 Å². The largest absolute Gasteiger partial charge is 0.505 e. The van der Waals surface area contributed by atoms with Gasteiger partial charge in [0.15, 0.2) is 30.0 Å². The molecule has 0 bridgehead atoms. The Bertz CT molecular complexity index is 1190. The summed E-state index contributed by atoms with van der Waals surface area (Å²) in [4.78, 5) is 38.6. The number of ether oxygens (including phenoxy) is 1. The number of hydrogen-bond donors (Lipinski definition) is 9. The highest BCUT2D eigenvalue weighted by Crippen LogP contribution is 2.26. The molecule has 0 aliphatic carbocycles. The fourth-order valence-electron chi connectivity index (χ4n) is 4.24. The van der Waals surface area contributed by atoms with Crippen molar-refractivity contribution in [2.24, 2.45) is 0 Å². The van der Waals surface area contributed by atoms with Gasteiger partial charge in [-0.3, -0.25) is 24.2 Å². The summed E-state index contributed by atoms with van der Waals surface area (Å²) in [5.41, 5.74) is 0.612. The van der Waals surface area contributed by atoms with Crippen molar-refractivity contribution in [1.82, 2.24) is 20.4 Å². The monoisotopic (exact) mass is 594 g/mol. The minimum absolute atomic E-state index is 0.00813. The van der Waals surface area contributed by atoms with Crippen LogP contribution < -0.4 is 10.6 Å². The first-order valence-corrected chi connectivity index (χ1v) is 12.8. The summed E-state index contributed by atoms with van der Waals surface area (Å²) < 4.78 is 5.35. The van der Waals surface area contributed by atoms with Crippen LogP contribution in [0, 0.1) is 0 Å². The Hall–Kier alpha value is -3.83. The zero-order valence-corrected chi connectivity index (χ0v) is 23.4. The zero-order chi connectivity index (χ0) is 31.7. The molecule has 0 spiro atoms. The molecule has 1 saturated heterocycles. The molecule has 2 rings (SSSR count). The standard InChI is InChI=1S/C27H38N4O11/c1-17(34)22(35)21(15-32)20(14-30(3)23(25(37)28-2)27(40,41)26(38,39)16-33)24(36)29-12-18-4-6-19(7-5-18)13-31-8-10-42-11-9-31/h4-7,15-16,23,29,34-36,38-41H,1,8-14H2,2-3H3,(H,28,37)/b22-21+,24-20-. The maximum atomic E-state index is 12.6. The topological polar surface area (TPSA) is 233 Å². The molecular weight excluding hydrogens is 556 g/mol. The minimum atomic E-state index is -3.82. The van der Waals surface area contributed by atoms with E-state index in [1.54, 1.807) is 12.1 Å². The van der Waals surface area contributed by atoms with Crippen LogP contribution in [-0.4, -0.2) is 129 Å². The van der Waals surface area contributed by atoms with E-state index in [1.807, 2.05) is 12.1 Å². The van der Waals surface area contributed by atoms with Crippen molar-refractivity contribution in [3.05, 3.63) is 70.5 Å². The van der Waals surface area contributed by atoms with Gasteiger partial charge in [0, 0.05) is 45.3 Å². The summed E-state index contributed by atoms with van der Waals surface area (Å²) in [6.07, 6.45) is -0.525. The van der Waals surface area contributed by atoms with E-state index >= 15 is 0 Å². The van der Waals surface area contributed by atoms with Crippen LogP contribution in [0.15, 0.2) is 59.4 Å². The summed E-state index contributed by atoms with van der Waals surface area (Å²) in [7, 11) is 2.16. The molecule has 1 unspecified atom stereocenters. The minimum Gasteiger partial charge on any atom is -0.505 e. The molecular formula is C27H38N4O11. The van der Waals surface area contributed by atoms with E-state index in [9.17, 15) is 50.1 Å². The van der Waals surface area contributed by atoms with Gasteiger partial charge >= 0.3 is 0 Å². The number of rotatable bonds is 15. The molecule has 1 fully saturated rings. The molecule has 15 nitrogen and oxygen atoms in total. The Kier molecular flexibility index (Phi) is 12.2. The number of carbonyl (C=O) groups is 3. The number of nitrogens with one attached hydrogen (secondary N) is 2. The van der Waals surface area contributed by atoms with Crippen molar-refractivity contribution < 1.29 is 54.9 Å². The average molecular weight is 595 g/mol. The van der Waals surface area contributed by atoms with Gasteiger partial charge < -0.3 is 51.1 Å². The van der Waals surface area contributed by atoms with E-state index in [1.165, 1.54) is 0 Å². The number of aliphatic hydroxyl groups excluding tert-OH is 3. The lowest BCUT2D eigenvalue weighted by atomic mass is 9.95. The number of amides is 1. The molecule has 9 N–H and O–H groups in total. The normalized spacial score (nSPS) is 16.6. The lowest BCUT2D eigenvalue weighted by Gasteiger charge is -2.40. The van der Waals surface area contributed by atoms with Crippen molar-refractivity contribution in [2.45, 2.75) is 30.7 Å². The van der Waals surface area contributed by atoms with Crippen LogP contribution in [0.1, 0.15) is 11.1 Å². The molecule has 0 aromatic heterocycles. The SMILES string of the molecule is C=C(O)/C(O)=C(C=O)\C(CN(C)C(C(=O)NC)C(O)(O)C(O)(O)C=O)=C(/O)NCc1ccc(CN2CCOCC2)cc1. The van der Waals surface area contributed by atoms with E-state index in [-0.39, 0.29) is 12.8 Å². The number of carbonyl (C=O) groups excluding carboxylic acids is 3. The molecule has 1 atom stereocenters. The van der Waals surface area contributed by atoms with Gasteiger partial charge in [0.1, 0.15) is 6.04 Å². The van der Waals surface area contributed by atoms with Gasteiger partial charge in [-0.1, -0.05) is 30.8 Å². The van der Waals surface area contributed by atoms with Crippen LogP contribution >= 0.6 is 0 Å². The molecule has 1 heterocycles. The van der Waals surface area contributed by atoms with Crippen molar-refractivity contribution in [3.8, 4) is 0 Å². The second-order valence-corrected chi connectivity index (χ2v) is 9.71. The van der Waals surface area contributed by atoms with Crippen molar-refractivity contribution >= 4 is 18.5 Å². The molecule has 15 heteroatoms. The van der Waals surface area contributed by atoms with Crippen LogP contribution in [0.3, 0.4) is 0 Å². The average Bonchev–Trinajstić information content (AvgIpc) is 2.96. The molecule has 1 aromatic rings.